The fourth-order valence-corrected chi connectivity index (χ4v) is 0.929. The van der Waals surface area contributed by atoms with Crippen LogP contribution in [0.25, 0.3) is 1.43 Å². The van der Waals surface area contributed by atoms with E-state index in [4.69, 9.17) is 4.27 Å². The first-order valence-electron chi connectivity index (χ1n) is 5.02. The first kappa shape index (κ1) is 6.42. The van der Waals surface area contributed by atoms with E-state index in [9.17, 15) is 9.59 Å². The summed E-state index contributed by atoms with van der Waals surface area (Å²) in [6, 6.07) is 3.70. The number of carboxylic acids is 1. The molecule has 5 nitrogen and oxygen atoms in total. The van der Waals surface area contributed by atoms with Crippen LogP contribution in [-0.4, -0.2) is 23.5 Å². The summed E-state index contributed by atoms with van der Waals surface area (Å²) in [6.07, 6.45) is 0. The molecule has 3 N–H and O–H groups in total. The van der Waals surface area contributed by atoms with Crippen LogP contribution in [0.5, 0.6) is 5.75 Å². The van der Waals surface area contributed by atoms with Crippen molar-refractivity contribution in [1.29, 1.82) is 2.86 Å². The minimum Gasteiger partial charge on any atom is -0.507 e. The molecule has 0 bridgehead atoms. The van der Waals surface area contributed by atoms with Crippen molar-refractivity contribution < 1.29 is 21.2 Å². The van der Waals surface area contributed by atoms with Crippen LogP contribution in [0.15, 0.2) is 18.2 Å². The van der Waals surface area contributed by atoms with Gasteiger partial charge in [0.25, 0.3) is 2.86 Å². The van der Waals surface area contributed by atoms with E-state index in [0.29, 0.717) is 5.31 Å². The molecule has 0 atom stereocenters. The molecule has 0 unspecified atom stereocenters. The Morgan fingerprint density at radius 1 is 1.57 bits per heavy atom. The Hall–Kier alpha value is -2.04. The number of nitrogens with one attached hydrogen (secondary N) is 1. The van der Waals surface area contributed by atoms with Gasteiger partial charge in [-0.1, -0.05) is 0 Å². The van der Waals surface area contributed by atoms with E-state index in [-0.39, 0.29) is 17.0 Å². The summed E-state index contributed by atoms with van der Waals surface area (Å²) < 4.78 is 20.6. The van der Waals surface area contributed by atoms with E-state index in [1.165, 1.54) is 19.1 Å². The number of carbonyl (C=O) groups excluding carboxylic acids is 1. The third-order valence-corrected chi connectivity index (χ3v) is 1.47. The van der Waals surface area contributed by atoms with Gasteiger partial charge in [0.05, 0.1) is 0 Å². The summed E-state index contributed by atoms with van der Waals surface area (Å²) in [5.41, 5.74) is -0.0929. The van der Waals surface area contributed by atoms with Gasteiger partial charge in [-0.25, -0.2) is 4.79 Å². The smallest absolute Gasteiger partial charge is 0.339 e. The van der Waals surface area contributed by atoms with Crippen molar-refractivity contribution in [3.05, 3.63) is 23.8 Å². The topological polar surface area (TPSA) is 86.6 Å². The average Bonchev–Trinajstić information content (AvgIpc) is 2.35. The van der Waals surface area contributed by atoms with Gasteiger partial charge in [-0.05, 0) is 18.2 Å². The third kappa shape index (κ3) is 2.22. The number of rotatable bonds is 3. The lowest BCUT2D eigenvalue weighted by Crippen LogP contribution is -2.07. The number of hydrogen-bond donors (Lipinski definition) is 3. The van der Waals surface area contributed by atoms with Crippen molar-refractivity contribution in [3.8, 4) is 5.75 Å². The average molecular weight is 198 g/mol. The second-order valence-electron chi connectivity index (χ2n) is 2.60. The number of hydrogen-bond acceptors (Lipinski definition) is 4. The summed E-state index contributed by atoms with van der Waals surface area (Å²) in [7, 11) is 0. The van der Waals surface area contributed by atoms with E-state index < -0.39 is 11.9 Å². The van der Waals surface area contributed by atoms with E-state index in [1.807, 2.05) is 0 Å². The zero-order chi connectivity index (χ0) is 13.0. The first-order valence-corrected chi connectivity index (χ1v) is 3.75. The predicted octanol–water partition coefficient (Wildman–Crippen LogP) is 1.05. The maximum Gasteiger partial charge on any atom is 0.339 e. The third-order valence-electron chi connectivity index (χ3n) is 1.47. The Balaban J connectivity index is 3.22. The maximum absolute atomic E-state index is 11.2. The van der Waals surface area contributed by atoms with Crippen molar-refractivity contribution in [3.63, 3.8) is 0 Å². The van der Waals surface area contributed by atoms with Crippen LogP contribution in [-0.2, 0) is 4.79 Å². The van der Waals surface area contributed by atoms with Gasteiger partial charge in [0.2, 0.25) is 5.91 Å². The zero-order valence-electron chi connectivity index (χ0n) is 10.3. The summed E-state index contributed by atoms with van der Waals surface area (Å²) in [5, 5.41) is 8.49. The molecule has 0 aliphatic rings. The van der Waals surface area contributed by atoms with Gasteiger partial charge in [-0.2, -0.15) is 0 Å². The Labute approximate surface area is 84.4 Å². The minimum absolute atomic E-state index is 0.110. The maximum atomic E-state index is 11.2. The number of aromatic carboxylic acids is 1. The highest BCUT2D eigenvalue weighted by molar-refractivity contribution is 5.94. The zero-order valence-corrected chi connectivity index (χ0v) is 7.31. The molecule has 0 spiro atoms. The largest absolute Gasteiger partial charge is 0.507 e. The summed E-state index contributed by atoms with van der Waals surface area (Å²) in [5.74, 6) is -1.70. The van der Waals surface area contributed by atoms with Gasteiger partial charge in [-0.15, -0.1) is 0 Å². The fraction of sp³-hybridized carbons (Fsp3) is 0.111. The molecule has 74 valence electrons. The van der Waals surface area contributed by atoms with Gasteiger partial charge in [-0.3, -0.25) is 4.79 Å². The van der Waals surface area contributed by atoms with Gasteiger partial charge in [0.15, 0.2) is 1.41 Å². The molecule has 1 amide bonds. The van der Waals surface area contributed by atoms with E-state index >= 15 is 0 Å². The Morgan fingerprint density at radius 2 is 2.36 bits per heavy atom. The molecule has 0 saturated heterocycles. The van der Waals surface area contributed by atoms with Crippen molar-refractivity contribution in [2.75, 3.05) is 5.31 Å². The summed E-state index contributed by atoms with van der Waals surface area (Å²) >= 11 is 0. The molecule has 0 fully saturated rings. The number of carbonyl (C=O) groups is 2. The van der Waals surface area contributed by atoms with Crippen LogP contribution >= 0.6 is 0 Å². The van der Waals surface area contributed by atoms with Crippen LogP contribution in [0.4, 0.5) is 5.69 Å². The van der Waals surface area contributed by atoms with Gasteiger partial charge in [0, 0.05) is 12.6 Å². The normalized spacial score (nSPS) is 11.9. The van der Waals surface area contributed by atoms with Crippen molar-refractivity contribution in [1.82, 2.24) is 0 Å². The SMILES string of the molecule is [2H]OC(=O)c1cc(N([2H])C(C)=O)ccc1O[2H]. The number of carboxylic acid groups (broad SMARTS) is 1. The summed E-state index contributed by atoms with van der Waals surface area (Å²) in [6.45, 7) is 1.18. The number of aromatic hydroxyl groups is 1. The molecule has 5 heteroatoms. The molecule has 0 aliphatic carbocycles. The van der Waals surface area contributed by atoms with Crippen molar-refractivity contribution in [2.24, 2.45) is 0 Å². The lowest BCUT2D eigenvalue weighted by molar-refractivity contribution is -0.114. The number of benzene rings is 1. The minimum atomic E-state index is -1.04. The second kappa shape index (κ2) is 3.78. The van der Waals surface area contributed by atoms with Gasteiger partial charge >= 0.3 is 5.97 Å². The molecule has 0 aromatic heterocycles. The lowest BCUT2D eigenvalue weighted by atomic mass is 10.2. The van der Waals surface area contributed by atoms with Gasteiger partial charge < -0.3 is 15.5 Å². The monoisotopic (exact) mass is 198 g/mol. The van der Waals surface area contributed by atoms with Gasteiger partial charge in [0.1, 0.15) is 11.3 Å². The highest BCUT2D eigenvalue weighted by atomic mass is 16.4. The predicted molar refractivity (Wildman–Crippen MR) is 49.4 cm³/mol. The first-order chi connectivity index (χ1) is 8.01. The lowest BCUT2D eigenvalue weighted by Gasteiger charge is -2.04. The van der Waals surface area contributed by atoms with Crippen LogP contribution in [0.3, 0.4) is 0 Å². The van der Waals surface area contributed by atoms with Crippen LogP contribution in [0, 0.1) is 0 Å². The molecular weight excluding hydrogens is 186 g/mol. The quantitative estimate of drug-likeness (QED) is 0.633. The van der Waals surface area contributed by atoms with Crippen LogP contribution in [0.2, 0.25) is 1.41 Å². The fourth-order valence-electron chi connectivity index (χ4n) is 0.929. The Bertz CT molecular complexity index is 452. The molecule has 1 aromatic carbocycles. The molecule has 0 aliphatic heterocycles. The number of amides is 1. The molecule has 1 aromatic rings. The molecule has 1 rings (SSSR count). The highest BCUT2D eigenvalue weighted by Crippen LogP contribution is 2.21. The van der Waals surface area contributed by atoms with Crippen LogP contribution in [0.1, 0.15) is 17.3 Å². The molecule has 0 radical (unpaired) electrons. The van der Waals surface area contributed by atoms with E-state index in [0.717, 1.165) is 6.07 Å². The van der Waals surface area contributed by atoms with Crippen molar-refractivity contribution >= 4 is 17.6 Å². The van der Waals surface area contributed by atoms with E-state index in [2.05, 4.69) is 10.2 Å². The number of anilines is 1. The second-order valence-corrected chi connectivity index (χ2v) is 2.60. The van der Waals surface area contributed by atoms with Crippen molar-refractivity contribution in [2.45, 2.75) is 6.92 Å². The number of phenols is 1. The molecule has 0 saturated carbocycles. The molecule has 14 heavy (non-hydrogen) atoms. The van der Waals surface area contributed by atoms with Crippen LogP contribution < -0.4 is 5.31 Å². The summed E-state index contributed by atoms with van der Waals surface area (Å²) in [4.78, 5) is 22.2. The highest BCUT2D eigenvalue weighted by Gasteiger charge is 2.10. The Morgan fingerprint density at radius 3 is 2.93 bits per heavy atom. The van der Waals surface area contributed by atoms with E-state index in [1.54, 1.807) is 0 Å². The molecule has 0 heterocycles. The molecular formula is C9H9NO4. The standard InChI is InChI=1S/C9H9NO4/c1-5(11)10-6-2-3-8(12)7(4-6)9(13)14/h2-4,12H,1H3,(H,10,11)(H,13,14)/i/hD3. The Kier molecular flexibility index (Phi) is 1.73.